The Morgan fingerprint density at radius 3 is 1.64 bits per heavy atom. The average Bonchev–Trinajstić information content (AvgIpc) is 3.73. The zero-order valence-electron chi connectivity index (χ0n) is 27.0. The summed E-state index contributed by atoms with van der Waals surface area (Å²) in [6.07, 6.45) is 0. The van der Waals surface area contributed by atoms with Gasteiger partial charge in [0.2, 0.25) is 0 Å². The van der Waals surface area contributed by atoms with Crippen LogP contribution in [-0.2, 0) is 5.41 Å². The van der Waals surface area contributed by atoms with Crippen LogP contribution in [0.15, 0.2) is 176 Å². The monoisotopic (exact) mass is 655 g/mol. The minimum Gasteiger partial charge on any atom is -0.211 e. The van der Waals surface area contributed by atoms with E-state index >= 15 is 0 Å². The van der Waals surface area contributed by atoms with Crippen molar-refractivity contribution in [2.45, 2.75) is 5.41 Å². The molecule has 7 aromatic carbocycles. The minimum atomic E-state index is -0.783. The predicted molar refractivity (Wildman–Crippen MR) is 206 cm³/mol. The maximum Gasteiger partial charge on any atom is 0.164 e. The first-order valence-electron chi connectivity index (χ1n) is 16.9. The van der Waals surface area contributed by atoms with Gasteiger partial charge in [-0.25, -0.2) is 15.0 Å². The van der Waals surface area contributed by atoms with Gasteiger partial charge in [0, 0.05) is 31.3 Å². The van der Waals surface area contributed by atoms with Crippen LogP contribution in [0.1, 0.15) is 22.5 Å². The Morgan fingerprint density at radius 2 is 0.920 bits per heavy atom. The Hall–Kier alpha value is -6.23. The van der Waals surface area contributed by atoms with Crippen molar-refractivity contribution in [1.29, 1.82) is 0 Å². The van der Waals surface area contributed by atoms with Gasteiger partial charge in [0.25, 0.3) is 0 Å². The van der Waals surface area contributed by atoms with Gasteiger partial charge in [-0.2, -0.15) is 0 Å². The van der Waals surface area contributed by atoms with Crippen LogP contribution in [0.4, 0.5) is 0 Å². The third kappa shape index (κ3) is 4.32. The molecule has 1 aliphatic carbocycles. The fourth-order valence-corrected chi connectivity index (χ4v) is 8.93. The van der Waals surface area contributed by atoms with Gasteiger partial charge in [-0.15, -0.1) is 11.3 Å². The lowest BCUT2D eigenvalue weighted by molar-refractivity contribution is 0.692. The van der Waals surface area contributed by atoms with Crippen LogP contribution in [-0.4, -0.2) is 15.0 Å². The minimum absolute atomic E-state index is 0.657. The van der Waals surface area contributed by atoms with E-state index in [-0.39, 0.29) is 0 Å². The molecule has 0 unspecified atom stereocenters. The molecular formula is C46H29N3S. The molecule has 2 aromatic heterocycles. The highest BCUT2D eigenvalue weighted by Crippen LogP contribution is 2.55. The van der Waals surface area contributed by atoms with Gasteiger partial charge in [-0.1, -0.05) is 164 Å². The quantitative estimate of drug-likeness (QED) is 0.185. The summed E-state index contributed by atoms with van der Waals surface area (Å²) in [5.41, 5.74) is 9.39. The van der Waals surface area contributed by atoms with Crippen LogP contribution in [0.2, 0.25) is 0 Å². The molecule has 0 aliphatic heterocycles. The van der Waals surface area contributed by atoms with Crippen LogP contribution in [0.25, 0.3) is 65.2 Å². The van der Waals surface area contributed by atoms with Gasteiger partial charge in [0.15, 0.2) is 17.5 Å². The first kappa shape index (κ1) is 28.8. The number of nitrogens with zero attached hydrogens (tertiary/aromatic N) is 3. The highest BCUT2D eigenvalue weighted by atomic mass is 32.1. The molecule has 0 saturated carbocycles. The first-order chi connectivity index (χ1) is 24.8. The molecule has 9 aromatic rings. The van der Waals surface area contributed by atoms with Crippen LogP contribution in [0.3, 0.4) is 0 Å². The summed E-state index contributed by atoms with van der Waals surface area (Å²) in [5.74, 6) is 2.04. The van der Waals surface area contributed by atoms with E-state index in [1.807, 2.05) is 18.2 Å². The maximum absolute atomic E-state index is 5.56. The van der Waals surface area contributed by atoms with Crippen LogP contribution >= 0.6 is 11.3 Å². The lowest BCUT2D eigenvalue weighted by atomic mass is 9.71. The third-order valence-electron chi connectivity index (χ3n) is 10.0. The largest absolute Gasteiger partial charge is 0.211 e. The number of fused-ring (bicyclic) bond motifs is 6. The van der Waals surface area contributed by atoms with Gasteiger partial charge in [-0.3, -0.25) is 0 Å². The van der Waals surface area contributed by atoms with E-state index in [1.54, 1.807) is 11.3 Å². The van der Waals surface area contributed by atoms with Gasteiger partial charge in [-0.05, 0) is 51.1 Å². The normalized spacial score (nSPS) is 13.0. The first-order valence-corrected chi connectivity index (χ1v) is 17.7. The average molecular weight is 656 g/mol. The van der Waals surface area contributed by atoms with Crippen LogP contribution in [0.5, 0.6) is 0 Å². The summed E-state index contributed by atoms with van der Waals surface area (Å²) in [4.78, 5) is 16.3. The lowest BCUT2D eigenvalue weighted by Crippen LogP contribution is -2.31. The van der Waals surface area contributed by atoms with E-state index in [9.17, 15) is 0 Å². The fourth-order valence-electron chi connectivity index (χ4n) is 7.80. The summed E-state index contributed by atoms with van der Waals surface area (Å²) < 4.78 is 2.47. The highest BCUT2D eigenvalue weighted by Gasteiger charge is 2.48. The summed E-state index contributed by atoms with van der Waals surface area (Å²) in [7, 11) is 0. The number of benzene rings is 7. The lowest BCUT2D eigenvalue weighted by Gasteiger charge is -2.32. The molecular weight excluding hydrogens is 627 g/mol. The Balaban J connectivity index is 1.31. The van der Waals surface area contributed by atoms with Crippen molar-refractivity contribution >= 4 is 31.5 Å². The van der Waals surface area contributed by atoms with Gasteiger partial charge >= 0.3 is 0 Å². The van der Waals surface area contributed by atoms with Crippen molar-refractivity contribution in [3.63, 3.8) is 0 Å². The van der Waals surface area contributed by atoms with Gasteiger partial charge in [0.05, 0.1) is 0 Å². The second-order valence-corrected chi connectivity index (χ2v) is 13.8. The zero-order valence-corrected chi connectivity index (χ0v) is 27.8. The molecule has 234 valence electrons. The molecule has 50 heavy (non-hydrogen) atoms. The molecule has 3 nitrogen and oxygen atoms in total. The van der Waals surface area contributed by atoms with E-state index in [0.717, 1.165) is 16.7 Å². The van der Waals surface area contributed by atoms with E-state index in [2.05, 4.69) is 158 Å². The van der Waals surface area contributed by atoms with Gasteiger partial charge in [0.1, 0.15) is 5.41 Å². The topological polar surface area (TPSA) is 38.7 Å². The molecule has 0 spiro atoms. The number of thiophene rings is 1. The smallest absolute Gasteiger partial charge is 0.164 e. The predicted octanol–water partition coefficient (Wildman–Crippen LogP) is 11.6. The molecule has 4 heteroatoms. The fraction of sp³-hybridized carbons (Fsp3) is 0.0217. The molecule has 0 fully saturated rings. The summed E-state index contributed by atoms with van der Waals surface area (Å²) in [6.45, 7) is 0. The molecule has 0 atom stereocenters. The van der Waals surface area contributed by atoms with Crippen molar-refractivity contribution in [2.24, 2.45) is 0 Å². The molecule has 0 saturated heterocycles. The number of rotatable bonds is 5. The molecule has 0 bridgehead atoms. The number of hydrogen-bond acceptors (Lipinski definition) is 4. The van der Waals surface area contributed by atoms with Crippen molar-refractivity contribution < 1.29 is 0 Å². The molecule has 0 radical (unpaired) electrons. The third-order valence-corrected chi connectivity index (χ3v) is 11.2. The van der Waals surface area contributed by atoms with Crippen LogP contribution in [0, 0.1) is 0 Å². The Morgan fingerprint density at radius 1 is 0.380 bits per heavy atom. The van der Waals surface area contributed by atoms with E-state index in [4.69, 9.17) is 15.0 Å². The summed E-state index contributed by atoms with van der Waals surface area (Å²) in [5, 5.41) is 2.40. The second-order valence-electron chi connectivity index (χ2n) is 12.7. The SMILES string of the molecule is c1ccc(-c2ccc(C3(c4nc(-c5ccccc5)nc(-c5cccc6sc7ccccc7c56)n4)c4ccccc4-c4ccccc43)cc2)cc1. The Kier molecular flexibility index (Phi) is 6.58. The van der Waals surface area contributed by atoms with Crippen LogP contribution < -0.4 is 0 Å². The number of aromatic nitrogens is 3. The summed E-state index contributed by atoms with van der Waals surface area (Å²) >= 11 is 1.81. The molecule has 1 aliphatic rings. The molecule has 0 amide bonds. The summed E-state index contributed by atoms with van der Waals surface area (Å²) in [6, 6.07) is 62.4. The Labute approximate surface area is 294 Å². The van der Waals surface area contributed by atoms with E-state index in [0.29, 0.717) is 17.5 Å². The van der Waals surface area contributed by atoms with Gasteiger partial charge < -0.3 is 0 Å². The van der Waals surface area contributed by atoms with Crippen molar-refractivity contribution in [3.8, 4) is 45.0 Å². The molecule has 10 rings (SSSR count). The molecule has 2 heterocycles. The van der Waals surface area contributed by atoms with Crippen molar-refractivity contribution in [1.82, 2.24) is 15.0 Å². The van der Waals surface area contributed by atoms with E-state index < -0.39 is 5.41 Å². The van der Waals surface area contributed by atoms with E-state index in [1.165, 1.54) is 53.6 Å². The number of hydrogen-bond donors (Lipinski definition) is 0. The maximum atomic E-state index is 5.56. The zero-order chi connectivity index (χ0) is 33.1. The molecule has 0 N–H and O–H groups in total. The van der Waals surface area contributed by atoms with Crippen molar-refractivity contribution in [2.75, 3.05) is 0 Å². The second kappa shape index (κ2) is 11.4. The highest BCUT2D eigenvalue weighted by molar-refractivity contribution is 7.25. The Bertz CT molecular complexity index is 2650. The van der Waals surface area contributed by atoms with Crippen molar-refractivity contribution in [3.05, 3.63) is 198 Å². The standard InChI is InChI=1S/C46H29N3S/c1-3-14-30(15-4-1)31-26-28-33(29-27-31)46(38-22-10-7-18-34(38)35-19-8-11-23-39(35)46)45-48-43(32-16-5-2-6-17-32)47-44(49-45)37-21-13-25-41-42(37)36-20-9-12-24-40(36)50-41/h1-29H.